The maximum Gasteiger partial charge on any atom is 0.254 e. The van der Waals surface area contributed by atoms with E-state index >= 15 is 0 Å². The van der Waals surface area contributed by atoms with Crippen molar-refractivity contribution in [1.29, 1.82) is 0 Å². The molecule has 114 valence electrons. The van der Waals surface area contributed by atoms with E-state index in [9.17, 15) is 4.79 Å². The number of likely N-dealkylation sites (tertiary alicyclic amines) is 1. The summed E-state index contributed by atoms with van der Waals surface area (Å²) in [5.74, 6) is 2.18. The summed E-state index contributed by atoms with van der Waals surface area (Å²) < 4.78 is 0. The first-order valence-electron chi connectivity index (χ1n) is 8.16. The number of carbonyl (C=O) groups is 1. The maximum atomic E-state index is 12.9. The van der Waals surface area contributed by atoms with Crippen LogP contribution in [0.15, 0.2) is 24.3 Å². The van der Waals surface area contributed by atoms with Gasteiger partial charge in [0.15, 0.2) is 0 Å². The van der Waals surface area contributed by atoms with Gasteiger partial charge in [-0.25, -0.2) is 0 Å². The summed E-state index contributed by atoms with van der Waals surface area (Å²) in [6, 6.07) is 8.24. The van der Waals surface area contributed by atoms with Crippen molar-refractivity contribution in [3.63, 3.8) is 0 Å². The highest BCUT2D eigenvalue weighted by molar-refractivity contribution is 6.17. The summed E-state index contributed by atoms with van der Waals surface area (Å²) >= 11 is 5.82. The fourth-order valence-corrected chi connectivity index (χ4v) is 4.25. The van der Waals surface area contributed by atoms with E-state index in [2.05, 4.69) is 11.8 Å². The highest BCUT2D eigenvalue weighted by Gasteiger charge is 2.39. The summed E-state index contributed by atoms with van der Waals surface area (Å²) in [6.45, 7) is 3.28. The molecule has 0 bridgehead atoms. The number of hydrogen-bond donors (Lipinski definition) is 0. The number of amides is 1. The molecule has 3 heteroatoms. The number of carbonyl (C=O) groups excluding carboxylic acids is 1. The molecule has 0 spiro atoms. The average molecular weight is 306 g/mol. The highest BCUT2D eigenvalue weighted by Crippen LogP contribution is 2.39. The van der Waals surface area contributed by atoms with Crippen LogP contribution in [0.25, 0.3) is 0 Å². The van der Waals surface area contributed by atoms with E-state index in [1.54, 1.807) is 0 Å². The molecule has 2 nitrogen and oxygen atoms in total. The van der Waals surface area contributed by atoms with Gasteiger partial charge in [0.05, 0.1) is 0 Å². The average Bonchev–Trinajstić information content (AvgIpc) is 2.55. The van der Waals surface area contributed by atoms with Crippen molar-refractivity contribution >= 4 is 17.5 Å². The van der Waals surface area contributed by atoms with Gasteiger partial charge in [-0.1, -0.05) is 31.9 Å². The normalized spacial score (nSPS) is 29.0. The molecule has 0 aromatic heterocycles. The lowest BCUT2D eigenvalue weighted by Gasteiger charge is -2.47. The van der Waals surface area contributed by atoms with Gasteiger partial charge < -0.3 is 4.90 Å². The number of benzene rings is 1. The Balaban J connectivity index is 1.79. The lowest BCUT2D eigenvalue weighted by Crippen LogP contribution is -2.52. The van der Waals surface area contributed by atoms with Gasteiger partial charge in [-0.2, -0.15) is 0 Å². The minimum Gasteiger partial charge on any atom is -0.335 e. The molecule has 1 heterocycles. The second-order valence-electron chi connectivity index (χ2n) is 6.61. The molecular weight excluding hydrogens is 282 g/mol. The van der Waals surface area contributed by atoms with Crippen molar-refractivity contribution in [3.05, 3.63) is 35.4 Å². The molecule has 1 saturated carbocycles. The fourth-order valence-electron chi connectivity index (χ4n) is 4.07. The fraction of sp³-hybridized carbons (Fsp3) is 0.611. The van der Waals surface area contributed by atoms with Crippen molar-refractivity contribution in [3.8, 4) is 0 Å². The van der Waals surface area contributed by atoms with Crippen LogP contribution in [0.4, 0.5) is 0 Å². The lowest BCUT2D eigenvalue weighted by molar-refractivity contribution is 0.0218. The Morgan fingerprint density at radius 2 is 1.90 bits per heavy atom. The minimum absolute atomic E-state index is 0.208. The molecule has 21 heavy (non-hydrogen) atoms. The Hall–Kier alpha value is -1.02. The zero-order valence-corrected chi connectivity index (χ0v) is 13.5. The number of hydrogen-bond acceptors (Lipinski definition) is 1. The number of nitrogens with zero attached hydrogens (tertiary/aromatic N) is 1. The number of alkyl halides is 1. The topological polar surface area (TPSA) is 20.3 Å². The first-order chi connectivity index (χ1) is 10.2. The van der Waals surface area contributed by atoms with E-state index in [1.165, 1.54) is 25.7 Å². The van der Waals surface area contributed by atoms with Gasteiger partial charge in [-0.15, -0.1) is 11.6 Å². The molecule has 1 aliphatic carbocycles. The standard InChI is InChI=1S/C18H24ClNO/c1-13-10-11-20(17-5-3-2-4-16(13)17)18(21)15-8-6-14(12-19)7-9-15/h6-9,13,16-17H,2-5,10-12H2,1H3. The van der Waals surface area contributed by atoms with Crippen molar-refractivity contribution in [2.75, 3.05) is 6.54 Å². The van der Waals surface area contributed by atoms with Crippen molar-refractivity contribution in [2.45, 2.75) is 50.9 Å². The maximum absolute atomic E-state index is 12.9. The van der Waals surface area contributed by atoms with Crippen LogP contribution >= 0.6 is 11.6 Å². The predicted octanol–water partition coefficient (Wildman–Crippen LogP) is 4.47. The second-order valence-corrected chi connectivity index (χ2v) is 6.88. The number of rotatable bonds is 2. The van der Waals surface area contributed by atoms with E-state index in [4.69, 9.17) is 11.6 Å². The smallest absolute Gasteiger partial charge is 0.254 e. The predicted molar refractivity (Wildman–Crippen MR) is 86.6 cm³/mol. The van der Waals surface area contributed by atoms with Gasteiger partial charge in [0.2, 0.25) is 0 Å². The van der Waals surface area contributed by atoms with Gasteiger partial charge in [-0.3, -0.25) is 4.79 Å². The summed E-state index contributed by atoms with van der Waals surface area (Å²) in [7, 11) is 0. The molecule has 1 aromatic rings. The monoisotopic (exact) mass is 305 g/mol. The molecule has 1 saturated heterocycles. The highest BCUT2D eigenvalue weighted by atomic mass is 35.5. The molecule has 0 N–H and O–H groups in total. The van der Waals surface area contributed by atoms with Crippen LogP contribution in [-0.4, -0.2) is 23.4 Å². The largest absolute Gasteiger partial charge is 0.335 e. The zero-order valence-electron chi connectivity index (χ0n) is 12.7. The summed E-state index contributed by atoms with van der Waals surface area (Å²) in [4.78, 5) is 15.0. The zero-order chi connectivity index (χ0) is 14.8. The Kier molecular flexibility index (Phi) is 4.54. The van der Waals surface area contributed by atoms with Crippen LogP contribution < -0.4 is 0 Å². The van der Waals surface area contributed by atoms with Crippen molar-refractivity contribution < 1.29 is 4.79 Å². The van der Waals surface area contributed by atoms with Crippen LogP contribution in [0, 0.1) is 11.8 Å². The summed E-state index contributed by atoms with van der Waals surface area (Å²) in [5, 5.41) is 0. The van der Waals surface area contributed by atoms with Crippen LogP contribution in [-0.2, 0) is 5.88 Å². The minimum atomic E-state index is 0.208. The lowest BCUT2D eigenvalue weighted by atomic mass is 9.72. The van der Waals surface area contributed by atoms with E-state index in [0.717, 1.165) is 30.0 Å². The summed E-state index contributed by atoms with van der Waals surface area (Å²) in [6.07, 6.45) is 6.22. The van der Waals surface area contributed by atoms with Crippen LogP contribution in [0.2, 0.25) is 0 Å². The van der Waals surface area contributed by atoms with Gasteiger partial charge in [0.25, 0.3) is 5.91 Å². The molecule has 1 aromatic carbocycles. The SMILES string of the molecule is CC1CCN(C(=O)c2ccc(CCl)cc2)C2CCCCC12. The molecule has 3 unspecified atom stereocenters. The van der Waals surface area contributed by atoms with Gasteiger partial charge >= 0.3 is 0 Å². The first-order valence-corrected chi connectivity index (χ1v) is 8.70. The molecule has 1 aliphatic heterocycles. The van der Waals surface area contributed by atoms with Gasteiger partial charge in [-0.05, 0) is 48.8 Å². The molecule has 2 aliphatic rings. The number of halogens is 1. The van der Waals surface area contributed by atoms with Gasteiger partial charge in [0.1, 0.15) is 0 Å². The van der Waals surface area contributed by atoms with E-state index in [0.29, 0.717) is 17.8 Å². The molecule has 3 rings (SSSR count). The van der Waals surface area contributed by atoms with Crippen molar-refractivity contribution in [1.82, 2.24) is 4.90 Å². The second kappa shape index (κ2) is 6.39. The third kappa shape index (κ3) is 2.96. The van der Waals surface area contributed by atoms with Crippen LogP contribution in [0.3, 0.4) is 0 Å². The van der Waals surface area contributed by atoms with Crippen LogP contribution in [0.5, 0.6) is 0 Å². The number of fused-ring (bicyclic) bond motifs is 1. The van der Waals surface area contributed by atoms with E-state index in [-0.39, 0.29) is 5.91 Å². The quantitative estimate of drug-likeness (QED) is 0.738. The Morgan fingerprint density at radius 3 is 2.62 bits per heavy atom. The third-order valence-electron chi connectivity index (χ3n) is 5.35. The summed E-state index contributed by atoms with van der Waals surface area (Å²) in [5.41, 5.74) is 1.87. The van der Waals surface area contributed by atoms with Crippen LogP contribution in [0.1, 0.15) is 54.9 Å². The molecular formula is C18H24ClNO. The Morgan fingerprint density at radius 1 is 1.19 bits per heavy atom. The van der Waals surface area contributed by atoms with E-state index < -0.39 is 0 Å². The molecule has 3 atom stereocenters. The Labute approximate surface area is 132 Å². The van der Waals surface area contributed by atoms with Crippen molar-refractivity contribution in [2.24, 2.45) is 11.8 Å². The first kappa shape index (κ1) is 14.9. The third-order valence-corrected chi connectivity index (χ3v) is 5.66. The number of piperidine rings is 1. The molecule has 0 radical (unpaired) electrons. The molecule has 2 fully saturated rings. The van der Waals surface area contributed by atoms with Gasteiger partial charge in [0, 0.05) is 24.0 Å². The Bertz CT molecular complexity index is 498. The molecule has 1 amide bonds. The van der Waals surface area contributed by atoms with E-state index in [1.807, 2.05) is 24.3 Å².